The molecule has 1 atom stereocenters. The Morgan fingerprint density at radius 2 is 2.22 bits per heavy atom. The second-order valence-electron chi connectivity index (χ2n) is 3.82. The number of H-pyrrole nitrogens is 1. The van der Waals surface area contributed by atoms with Gasteiger partial charge in [-0.2, -0.15) is 0 Å². The normalized spacial score (nSPS) is 12.5. The molecule has 0 bridgehead atoms. The Morgan fingerprint density at radius 1 is 1.50 bits per heavy atom. The zero-order chi connectivity index (χ0) is 13.1. The number of hydrogen-bond acceptors (Lipinski definition) is 4. The molecular formula is C12H12N2O4. The number of hydrogen-bond donors (Lipinski definition) is 2. The number of benzene rings is 1. The van der Waals surface area contributed by atoms with Crippen molar-refractivity contribution in [3.8, 4) is 0 Å². The molecule has 0 aliphatic carbocycles. The van der Waals surface area contributed by atoms with Crippen molar-refractivity contribution in [2.45, 2.75) is 19.6 Å². The van der Waals surface area contributed by atoms with Crippen molar-refractivity contribution in [1.29, 1.82) is 0 Å². The number of aliphatic carboxylic acids is 1. The molecule has 1 aromatic carbocycles. The van der Waals surface area contributed by atoms with Crippen molar-refractivity contribution >= 4 is 17.0 Å². The highest BCUT2D eigenvalue weighted by atomic mass is 16.5. The number of carboxylic acids is 1. The van der Waals surface area contributed by atoms with E-state index in [1.54, 1.807) is 24.3 Å². The first-order valence-electron chi connectivity index (χ1n) is 5.40. The molecule has 2 aromatic rings. The molecule has 6 nitrogen and oxygen atoms in total. The summed E-state index contributed by atoms with van der Waals surface area (Å²) in [6.07, 6.45) is -0.974. The minimum atomic E-state index is -1.08. The third kappa shape index (κ3) is 2.54. The number of para-hydroxylation sites is 2. The number of nitrogens with zero attached hydrogens (tertiary/aromatic N) is 1. The van der Waals surface area contributed by atoms with Gasteiger partial charge in [0.1, 0.15) is 5.69 Å². The monoisotopic (exact) mass is 248 g/mol. The van der Waals surface area contributed by atoms with E-state index in [1.165, 1.54) is 6.92 Å². The topological polar surface area (TPSA) is 92.3 Å². The van der Waals surface area contributed by atoms with Gasteiger partial charge in [0, 0.05) is 0 Å². The van der Waals surface area contributed by atoms with Gasteiger partial charge in [-0.3, -0.25) is 4.79 Å². The van der Waals surface area contributed by atoms with Gasteiger partial charge in [-0.1, -0.05) is 12.1 Å². The molecule has 94 valence electrons. The van der Waals surface area contributed by atoms with Crippen LogP contribution in [0.15, 0.2) is 29.1 Å². The summed E-state index contributed by atoms with van der Waals surface area (Å²) < 4.78 is 5.04. The lowest BCUT2D eigenvalue weighted by atomic mass is 10.3. The van der Waals surface area contributed by atoms with Crippen molar-refractivity contribution in [2.75, 3.05) is 0 Å². The fraction of sp³-hybridized carbons (Fsp3) is 0.250. The number of ether oxygens (including phenoxy) is 1. The highest BCUT2D eigenvalue weighted by Crippen LogP contribution is 2.06. The molecular weight excluding hydrogens is 236 g/mol. The Morgan fingerprint density at radius 3 is 2.94 bits per heavy atom. The molecule has 18 heavy (non-hydrogen) atoms. The van der Waals surface area contributed by atoms with Crippen LogP contribution >= 0.6 is 0 Å². The summed E-state index contributed by atoms with van der Waals surface area (Å²) in [5, 5.41) is 8.67. The number of carbonyl (C=O) groups is 1. The quantitative estimate of drug-likeness (QED) is 0.839. The van der Waals surface area contributed by atoms with E-state index in [9.17, 15) is 9.59 Å². The summed E-state index contributed by atoms with van der Waals surface area (Å²) >= 11 is 0. The predicted octanol–water partition coefficient (Wildman–Crippen LogP) is 0.913. The van der Waals surface area contributed by atoms with E-state index in [1.807, 2.05) is 0 Å². The van der Waals surface area contributed by atoms with Crippen molar-refractivity contribution < 1.29 is 14.6 Å². The third-order valence-electron chi connectivity index (χ3n) is 2.49. The summed E-state index contributed by atoms with van der Waals surface area (Å²) in [7, 11) is 0. The average Bonchev–Trinajstić information content (AvgIpc) is 2.35. The number of aromatic amines is 1. The zero-order valence-electron chi connectivity index (χ0n) is 9.71. The summed E-state index contributed by atoms with van der Waals surface area (Å²) in [6, 6.07) is 7.10. The smallest absolute Gasteiger partial charge is 0.332 e. The second kappa shape index (κ2) is 4.97. The molecule has 2 N–H and O–H groups in total. The lowest BCUT2D eigenvalue weighted by Gasteiger charge is -2.07. The van der Waals surface area contributed by atoms with Gasteiger partial charge in [0.25, 0.3) is 5.56 Å². The zero-order valence-corrected chi connectivity index (χ0v) is 9.71. The Labute approximate surface area is 102 Å². The molecule has 1 heterocycles. The van der Waals surface area contributed by atoms with Gasteiger partial charge < -0.3 is 14.8 Å². The highest BCUT2D eigenvalue weighted by Gasteiger charge is 2.13. The molecule has 0 amide bonds. The van der Waals surface area contributed by atoms with Crippen LogP contribution in [0, 0.1) is 0 Å². The lowest BCUT2D eigenvalue weighted by molar-refractivity contribution is -0.149. The van der Waals surface area contributed by atoms with Crippen LogP contribution in [0.5, 0.6) is 0 Å². The molecule has 0 saturated carbocycles. The Balaban J connectivity index is 2.26. The fourth-order valence-electron chi connectivity index (χ4n) is 1.44. The molecule has 1 aromatic heterocycles. The van der Waals surface area contributed by atoms with Crippen molar-refractivity contribution in [3.63, 3.8) is 0 Å². The summed E-state index contributed by atoms with van der Waals surface area (Å²) in [4.78, 5) is 29.1. The van der Waals surface area contributed by atoms with Gasteiger partial charge in [-0.15, -0.1) is 0 Å². The van der Waals surface area contributed by atoms with Gasteiger partial charge in [0.05, 0.1) is 17.6 Å². The van der Waals surface area contributed by atoms with E-state index in [2.05, 4.69) is 9.97 Å². The van der Waals surface area contributed by atoms with Crippen LogP contribution in [0.4, 0.5) is 0 Å². The van der Waals surface area contributed by atoms with Crippen LogP contribution in [0.2, 0.25) is 0 Å². The molecule has 0 aliphatic heterocycles. The van der Waals surface area contributed by atoms with Crippen LogP contribution in [-0.2, 0) is 16.1 Å². The van der Waals surface area contributed by atoms with E-state index >= 15 is 0 Å². The maximum absolute atomic E-state index is 11.7. The van der Waals surface area contributed by atoms with Crippen LogP contribution in [0.25, 0.3) is 11.0 Å². The summed E-state index contributed by atoms with van der Waals surface area (Å²) in [6.45, 7) is 1.27. The van der Waals surface area contributed by atoms with E-state index in [0.717, 1.165) is 0 Å². The van der Waals surface area contributed by atoms with Crippen molar-refractivity contribution in [2.24, 2.45) is 0 Å². The van der Waals surface area contributed by atoms with E-state index in [-0.39, 0.29) is 17.9 Å². The van der Waals surface area contributed by atoms with Crippen LogP contribution < -0.4 is 5.56 Å². The predicted molar refractivity (Wildman–Crippen MR) is 64.3 cm³/mol. The van der Waals surface area contributed by atoms with E-state index < -0.39 is 12.1 Å². The molecule has 0 fully saturated rings. The molecule has 0 saturated heterocycles. The summed E-state index contributed by atoms with van der Waals surface area (Å²) in [5.41, 5.74) is 1.07. The SMILES string of the molecule is CC(OCc1nc2ccccc2[nH]c1=O)C(=O)O. The average molecular weight is 248 g/mol. The molecule has 1 unspecified atom stereocenters. The molecule has 6 heteroatoms. The summed E-state index contributed by atoms with van der Waals surface area (Å²) in [5.74, 6) is -1.08. The van der Waals surface area contributed by atoms with Gasteiger partial charge in [0.15, 0.2) is 6.10 Å². The second-order valence-corrected chi connectivity index (χ2v) is 3.82. The molecule has 0 spiro atoms. The van der Waals surface area contributed by atoms with Gasteiger partial charge in [0.2, 0.25) is 0 Å². The van der Waals surface area contributed by atoms with Crippen molar-refractivity contribution in [1.82, 2.24) is 9.97 Å². The van der Waals surface area contributed by atoms with Crippen LogP contribution in [0.1, 0.15) is 12.6 Å². The minimum absolute atomic E-state index is 0.131. The van der Waals surface area contributed by atoms with Gasteiger partial charge >= 0.3 is 5.97 Å². The van der Waals surface area contributed by atoms with E-state index in [0.29, 0.717) is 11.0 Å². The van der Waals surface area contributed by atoms with Crippen LogP contribution in [0.3, 0.4) is 0 Å². The minimum Gasteiger partial charge on any atom is -0.479 e. The number of rotatable bonds is 4. The maximum atomic E-state index is 11.7. The third-order valence-corrected chi connectivity index (χ3v) is 2.49. The molecule has 0 aliphatic rings. The number of carboxylic acid groups (broad SMARTS) is 1. The van der Waals surface area contributed by atoms with Gasteiger partial charge in [-0.25, -0.2) is 9.78 Å². The largest absolute Gasteiger partial charge is 0.479 e. The Bertz CT molecular complexity index is 635. The maximum Gasteiger partial charge on any atom is 0.332 e. The molecule has 0 radical (unpaired) electrons. The lowest BCUT2D eigenvalue weighted by Crippen LogP contribution is -2.23. The first-order chi connectivity index (χ1) is 8.58. The number of fused-ring (bicyclic) bond motifs is 1. The van der Waals surface area contributed by atoms with E-state index in [4.69, 9.17) is 9.84 Å². The first-order valence-corrected chi connectivity index (χ1v) is 5.40. The molecule has 2 rings (SSSR count). The van der Waals surface area contributed by atoms with Gasteiger partial charge in [-0.05, 0) is 19.1 Å². The first kappa shape index (κ1) is 12.3. The Kier molecular flexibility index (Phi) is 3.38. The fourth-order valence-corrected chi connectivity index (χ4v) is 1.44. The van der Waals surface area contributed by atoms with Crippen LogP contribution in [-0.4, -0.2) is 27.1 Å². The number of nitrogens with one attached hydrogen (secondary N) is 1. The Hall–Kier alpha value is -2.21. The standard InChI is InChI=1S/C12H12N2O4/c1-7(12(16)17)18-6-10-11(15)14-9-5-3-2-4-8(9)13-10/h2-5,7H,6H2,1H3,(H,14,15)(H,16,17). The number of aromatic nitrogens is 2. The highest BCUT2D eigenvalue weighted by molar-refractivity contribution is 5.73. The van der Waals surface area contributed by atoms with Crippen molar-refractivity contribution in [3.05, 3.63) is 40.3 Å².